The zero-order valence-electron chi connectivity index (χ0n) is 12.2. The highest BCUT2D eigenvalue weighted by Crippen LogP contribution is 2.15. The lowest BCUT2D eigenvalue weighted by atomic mass is 10.2. The Kier molecular flexibility index (Phi) is 8.29. The molecule has 0 saturated heterocycles. The summed E-state index contributed by atoms with van der Waals surface area (Å²) in [4.78, 5) is 0.212. The Morgan fingerprint density at radius 3 is 2.43 bits per heavy atom. The summed E-state index contributed by atoms with van der Waals surface area (Å²) < 4.78 is 36.8. The van der Waals surface area contributed by atoms with Gasteiger partial charge in [0.15, 0.2) is 0 Å². The summed E-state index contributed by atoms with van der Waals surface area (Å²) >= 11 is 0. The molecule has 0 aliphatic carbocycles. The smallest absolute Gasteiger partial charge is 0.240 e. The van der Waals surface area contributed by atoms with Crippen LogP contribution in [0.25, 0.3) is 0 Å². The van der Waals surface area contributed by atoms with E-state index in [4.69, 9.17) is 14.6 Å². The van der Waals surface area contributed by atoms with Crippen molar-refractivity contribution < 1.29 is 23.0 Å². The molecule has 0 aliphatic rings. The van der Waals surface area contributed by atoms with Gasteiger partial charge in [0.2, 0.25) is 10.0 Å². The monoisotopic (exact) mass is 317 g/mol. The van der Waals surface area contributed by atoms with E-state index in [0.717, 1.165) is 6.42 Å². The molecule has 0 amide bonds. The maximum atomic E-state index is 12.0. The van der Waals surface area contributed by atoms with Gasteiger partial charge in [0.1, 0.15) is 12.4 Å². The minimum absolute atomic E-state index is 0.136. The Hall–Kier alpha value is -1.15. The molecule has 7 heteroatoms. The number of nitrogens with one attached hydrogen (secondary N) is 1. The number of aliphatic hydroxyl groups excluding tert-OH is 1. The van der Waals surface area contributed by atoms with Crippen LogP contribution >= 0.6 is 0 Å². The van der Waals surface area contributed by atoms with Crippen molar-refractivity contribution >= 4 is 10.0 Å². The van der Waals surface area contributed by atoms with Gasteiger partial charge in [-0.15, -0.1) is 0 Å². The summed E-state index contributed by atoms with van der Waals surface area (Å²) in [6.45, 7) is 1.41. The molecule has 0 atom stereocenters. The van der Waals surface area contributed by atoms with E-state index in [1.165, 1.54) is 12.1 Å². The molecule has 1 rings (SSSR count). The summed E-state index contributed by atoms with van der Waals surface area (Å²) in [5.41, 5.74) is 0. The number of hydrogen-bond acceptors (Lipinski definition) is 5. The third-order valence-corrected chi connectivity index (χ3v) is 4.29. The molecule has 0 radical (unpaired) electrons. The van der Waals surface area contributed by atoms with Crippen molar-refractivity contribution in [2.45, 2.75) is 24.2 Å². The van der Waals surface area contributed by atoms with Gasteiger partial charge in [-0.25, -0.2) is 13.1 Å². The highest BCUT2D eigenvalue weighted by molar-refractivity contribution is 7.89. The van der Waals surface area contributed by atoms with E-state index in [2.05, 4.69) is 4.72 Å². The summed E-state index contributed by atoms with van der Waals surface area (Å²) in [5, 5.41) is 8.65. The van der Waals surface area contributed by atoms with Crippen LogP contribution in [0, 0.1) is 0 Å². The summed E-state index contributed by atoms with van der Waals surface area (Å²) in [7, 11) is -1.89. The first kappa shape index (κ1) is 17.9. The van der Waals surface area contributed by atoms with Crippen LogP contribution in [0.4, 0.5) is 0 Å². The zero-order valence-corrected chi connectivity index (χ0v) is 13.1. The minimum atomic E-state index is -3.48. The van der Waals surface area contributed by atoms with E-state index >= 15 is 0 Å². The normalized spacial score (nSPS) is 11.5. The Morgan fingerprint density at radius 1 is 1.10 bits per heavy atom. The topological polar surface area (TPSA) is 84.9 Å². The summed E-state index contributed by atoms with van der Waals surface area (Å²) in [5.74, 6) is 0.606. The number of aliphatic hydroxyl groups is 1. The molecule has 0 saturated carbocycles. The molecule has 0 aliphatic heterocycles. The highest BCUT2D eigenvalue weighted by atomic mass is 32.2. The maximum Gasteiger partial charge on any atom is 0.240 e. The van der Waals surface area contributed by atoms with Gasteiger partial charge >= 0.3 is 0 Å². The average Bonchev–Trinajstić information content (AvgIpc) is 2.48. The first-order valence-electron chi connectivity index (χ1n) is 6.92. The van der Waals surface area contributed by atoms with Crippen LogP contribution in [0.3, 0.4) is 0 Å². The predicted molar refractivity (Wildman–Crippen MR) is 79.9 cm³/mol. The molecular weight excluding hydrogens is 294 g/mol. The van der Waals surface area contributed by atoms with Gasteiger partial charge in [-0.2, -0.15) is 0 Å². The average molecular weight is 317 g/mol. The number of benzene rings is 1. The fourth-order valence-electron chi connectivity index (χ4n) is 1.66. The lowest BCUT2D eigenvalue weighted by Crippen LogP contribution is -2.24. The van der Waals surface area contributed by atoms with Gasteiger partial charge in [-0.05, 0) is 43.5 Å². The number of unbranched alkanes of at least 4 members (excludes halogenated alkanes) is 2. The van der Waals surface area contributed by atoms with Crippen LogP contribution in [0.15, 0.2) is 29.2 Å². The first-order chi connectivity index (χ1) is 10.1. The number of rotatable bonds is 11. The fourth-order valence-corrected chi connectivity index (χ4v) is 2.74. The molecule has 0 unspecified atom stereocenters. The quantitative estimate of drug-likeness (QED) is 0.598. The van der Waals surface area contributed by atoms with E-state index in [9.17, 15) is 8.42 Å². The lowest BCUT2D eigenvalue weighted by molar-refractivity contribution is 0.146. The SMILES string of the molecule is COCCOc1ccc(S(=O)(=O)NCCCCCO)cc1. The molecular formula is C14H23NO5S. The molecule has 0 bridgehead atoms. The Labute approximate surface area is 126 Å². The zero-order chi connectivity index (χ0) is 15.6. The van der Waals surface area contributed by atoms with Crippen LogP contribution in [0.5, 0.6) is 5.75 Å². The Bertz CT molecular complexity index is 487. The number of methoxy groups -OCH3 is 1. The minimum Gasteiger partial charge on any atom is -0.491 e. The third-order valence-electron chi connectivity index (χ3n) is 2.82. The van der Waals surface area contributed by atoms with Gasteiger partial charge in [-0.1, -0.05) is 0 Å². The summed E-state index contributed by atoms with van der Waals surface area (Å²) in [6.07, 6.45) is 2.19. The van der Waals surface area contributed by atoms with Crippen molar-refractivity contribution in [1.29, 1.82) is 0 Å². The largest absolute Gasteiger partial charge is 0.491 e. The van der Waals surface area contributed by atoms with Crippen molar-refractivity contribution in [1.82, 2.24) is 4.72 Å². The van der Waals surface area contributed by atoms with Crippen LogP contribution in [0.1, 0.15) is 19.3 Å². The van der Waals surface area contributed by atoms with E-state index in [0.29, 0.717) is 38.3 Å². The molecule has 0 fully saturated rings. The maximum absolute atomic E-state index is 12.0. The molecule has 0 aromatic heterocycles. The van der Waals surface area contributed by atoms with Crippen molar-refractivity contribution in [3.63, 3.8) is 0 Å². The molecule has 21 heavy (non-hydrogen) atoms. The second-order valence-electron chi connectivity index (χ2n) is 4.49. The Morgan fingerprint density at radius 2 is 1.81 bits per heavy atom. The van der Waals surface area contributed by atoms with Crippen LogP contribution < -0.4 is 9.46 Å². The van der Waals surface area contributed by atoms with Crippen LogP contribution in [0.2, 0.25) is 0 Å². The van der Waals surface area contributed by atoms with Crippen molar-refractivity contribution in [2.75, 3.05) is 33.5 Å². The molecule has 6 nitrogen and oxygen atoms in total. The molecule has 0 heterocycles. The van der Waals surface area contributed by atoms with Gasteiger partial charge in [0.25, 0.3) is 0 Å². The molecule has 1 aromatic carbocycles. The van der Waals surface area contributed by atoms with Crippen LogP contribution in [-0.4, -0.2) is 47.0 Å². The summed E-state index contributed by atoms with van der Waals surface area (Å²) in [6, 6.07) is 6.27. The van der Waals surface area contributed by atoms with Crippen molar-refractivity contribution in [3.8, 4) is 5.75 Å². The molecule has 120 valence electrons. The Balaban J connectivity index is 2.47. The predicted octanol–water partition coefficient (Wildman–Crippen LogP) is 1.15. The van der Waals surface area contributed by atoms with E-state index in [1.807, 2.05) is 0 Å². The second kappa shape index (κ2) is 9.73. The van der Waals surface area contributed by atoms with Gasteiger partial charge in [0, 0.05) is 20.3 Å². The molecule has 0 spiro atoms. The van der Waals surface area contributed by atoms with E-state index < -0.39 is 10.0 Å². The number of hydrogen-bond donors (Lipinski definition) is 2. The number of ether oxygens (including phenoxy) is 2. The van der Waals surface area contributed by atoms with E-state index in [1.54, 1.807) is 19.2 Å². The lowest BCUT2D eigenvalue weighted by Gasteiger charge is -2.08. The number of sulfonamides is 1. The highest BCUT2D eigenvalue weighted by Gasteiger charge is 2.12. The van der Waals surface area contributed by atoms with Crippen LogP contribution in [-0.2, 0) is 14.8 Å². The second-order valence-corrected chi connectivity index (χ2v) is 6.26. The third kappa shape index (κ3) is 6.90. The fraction of sp³-hybridized carbons (Fsp3) is 0.571. The van der Waals surface area contributed by atoms with Gasteiger partial charge in [0.05, 0.1) is 11.5 Å². The molecule has 2 N–H and O–H groups in total. The van der Waals surface area contributed by atoms with Gasteiger partial charge in [-0.3, -0.25) is 0 Å². The van der Waals surface area contributed by atoms with Gasteiger partial charge < -0.3 is 14.6 Å². The first-order valence-corrected chi connectivity index (χ1v) is 8.41. The van der Waals surface area contributed by atoms with Crippen molar-refractivity contribution in [2.24, 2.45) is 0 Å². The van der Waals surface area contributed by atoms with E-state index in [-0.39, 0.29) is 11.5 Å². The van der Waals surface area contributed by atoms with Crippen molar-refractivity contribution in [3.05, 3.63) is 24.3 Å². The standard InChI is InChI=1S/C14H23NO5S/c1-19-11-12-20-13-5-7-14(8-6-13)21(17,18)15-9-3-2-4-10-16/h5-8,15-16H,2-4,9-12H2,1H3. The molecule has 1 aromatic rings.